The molecule has 0 spiro atoms. The summed E-state index contributed by atoms with van der Waals surface area (Å²) < 4.78 is 12.2. The number of ether oxygens (including phenoxy) is 2. The number of fused-ring (bicyclic) bond motifs is 3. The smallest absolute Gasteiger partial charge is 0.133 e. The Morgan fingerprint density at radius 1 is 1.00 bits per heavy atom. The molecule has 2 aromatic rings. The molecule has 0 aromatic heterocycles. The lowest BCUT2D eigenvalue weighted by Crippen LogP contribution is -2.55. The second-order valence-electron chi connectivity index (χ2n) is 10.0. The first kappa shape index (κ1) is 24.9. The molecule has 2 heterocycles. The van der Waals surface area contributed by atoms with E-state index >= 15 is 0 Å². The quantitative estimate of drug-likeness (QED) is 0.410. The summed E-state index contributed by atoms with van der Waals surface area (Å²) in [6, 6.07) is 7.90. The normalized spacial score (nSPS) is 27.6. The van der Waals surface area contributed by atoms with Crippen LogP contribution in [0.25, 0.3) is 11.1 Å². The Labute approximate surface area is 200 Å². The van der Waals surface area contributed by atoms with Crippen LogP contribution in [0, 0.1) is 6.92 Å². The molecule has 7 heteroatoms. The minimum absolute atomic E-state index is 0.0734. The molecule has 0 aliphatic carbocycles. The standard InChI is InChI=1S/C27H36O7/c1-5-6-7-8-15-12-18-21(16-11-14(2)9-10-17(16)27(3,4)34-18)23(30)20(15)26-25(32)24(31)22(29)19(13-28)33-26/h9-12,19,22,24-26,28-32H,5-8,13H2,1-4H3/t19?,22-,24?,25?,26+/m1/s1. The highest BCUT2D eigenvalue weighted by molar-refractivity contribution is 5.84. The first-order chi connectivity index (χ1) is 16.1. The molecule has 4 rings (SSSR count). The summed E-state index contributed by atoms with van der Waals surface area (Å²) in [5.74, 6) is 0.483. The molecule has 0 bridgehead atoms. The molecule has 1 fully saturated rings. The third kappa shape index (κ3) is 4.20. The molecule has 5 N–H and O–H groups in total. The van der Waals surface area contributed by atoms with Crippen LogP contribution >= 0.6 is 0 Å². The summed E-state index contributed by atoms with van der Waals surface area (Å²) in [6.07, 6.45) is -3.19. The van der Waals surface area contributed by atoms with Crippen LogP contribution in [0.1, 0.15) is 68.4 Å². The predicted molar refractivity (Wildman–Crippen MR) is 128 cm³/mol. The number of hydrogen-bond acceptors (Lipinski definition) is 7. The third-order valence-electron chi connectivity index (χ3n) is 7.07. The van der Waals surface area contributed by atoms with E-state index in [9.17, 15) is 25.5 Å². The number of unbranched alkanes of at least 4 members (excludes halogenated alkanes) is 2. The Kier molecular flexibility index (Phi) is 6.95. The molecule has 186 valence electrons. The summed E-state index contributed by atoms with van der Waals surface area (Å²) in [4.78, 5) is 0. The van der Waals surface area contributed by atoms with E-state index < -0.39 is 42.7 Å². The number of rotatable bonds is 6. The molecule has 3 unspecified atom stereocenters. The Morgan fingerprint density at radius 2 is 1.74 bits per heavy atom. The van der Waals surface area contributed by atoms with Gasteiger partial charge in [0.1, 0.15) is 47.6 Å². The third-order valence-corrected chi connectivity index (χ3v) is 7.07. The van der Waals surface area contributed by atoms with Crippen LogP contribution in [0.4, 0.5) is 0 Å². The van der Waals surface area contributed by atoms with Gasteiger partial charge in [-0.05, 0) is 50.8 Å². The van der Waals surface area contributed by atoms with E-state index in [0.29, 0.717) is 23.3 Å². The zero-order valence-corrected chi connectivity index (χ0v) is 20.3. The van der Waals surface area contributed by atoms with Crippen LogP contribution in [0.3, 0.4) is 0 Å². The minimum atomic E-state index is -1.53. The van der Waals surface area contributed by atoms with Crippen LogP contribution in [0.15, 0.2) is 24.3 Å². The molecule has 2 aliphatic heterocycles. The topological polar surface area (TPSA) is 120 Å². The van der Waals surface area contributed by atoms with E-state index in [4.69, 9.17) is 9.47 Å². The van der Waals surface area contributed by atoms with Crippen molar-refractivity contribution in [2.45, 2.75) is 89.5 Å². The molecule has 2 aliphatic rings. The second-order valence-corrected chi connectivity index (χ2v) is 10.0. The van der Waals surface area contributed by atoms with Crippen LogP contribution in [0.5, 0.6) is 11.5 Å². The van der Waals surface area contributed by atoms with E-state index in [0.717, 1.165) is 41.5 Å². The lowest BCUT2D eigenvalue weighted by atomic mass is 9.81. The number of aliphatic hydroxyl groups excluding tert-OH is 4. The molecule has 0 amide bonds. The van der Waals surface area contributed by atoms with Gasteiger partial charge in [0, 0.05) is 11.1 Å². The van der Waals surface area contributed by atoms with Crippen molar-refractivity contribution < 1.29 is 35.0 Å². The summed E-state index contributed by atoms with van der Waals surface area (Å²) in [5, 5.41) is 52.9. The molecule has 1 saturated heterocycles. The fourth-order valence-electron chi connectivity index (χ4n) is 5.20. The van der Waals surface area contributed by atoms with Gasteiger partial charge >= 0.3 is 0 Å². The van der Waals surface area contributed by atoms with Crippen molar-refractivity contribution in [3.63, 3.8) is 0 Å². The zero-order valence-electron chi connectivity index (χ0n) is 20.3. The summed E-state index contributed by atoms with van der Waals surface area (Å²) in [5.41, 5.74) is 3.83. The van der Waals surface area contributed by atoms with Crippen LogP contribution in [-0.2, 0) is 16.8 Å². The van der Waals surface area contributed by atoms with Crippen molar-refractivity contribution >= 4 is 0 Å². The highest BCUT2D eigenvalue weighted by atomic mass is 16.5. The molecule has 7 nitrogen and oxygen atoms in total. The van der Waals surface area contributed by atoms with Gasteiger partial charge in [0.15, 0.2) is 0 Å². The summed E-state index contributed by atoms with van der Waals surface area (Å²) in [6.45, 7) is 7.54. The number of aryl methyl sites for hydroxylation is 2. The van der Waals surface area contributed by atoms with Gasteiger partial charge in [0.05, 0.1) is 12.2 Å². The highest BCUT2D eigenvalue weighted by Crippen LogP contribution is 2.53. The Bertz CT molecular complexity index is 1050. The zero-order chi connectivity index (χ0) is 24.8. The summed E-state index contributed by atoms with van der Waals surface area (Å²) >= 11 is 0. The van der Waals surface area contributed by atoms with Gasteiger partial charge in [-0.25, -0.2) is 0 Å². The van der Waals surface area contributed by atoms with Gasteiger partial charge in [0.25, 0.3) is 0 Å². The van der Waals surface area contributed by atoms with Gasteiger partial charge < -0.3 is 35.0 Å². The van der Waals surface area contributed by atoms with E-state index in [1.807, 2.05) is 45.0 Å². The van der Waals surface area contributed by atoms with Crippen molar-refractivity contribution in [2.75, 3.05) is 6.61 Å². The molecule has 34 heavy (non-hydrogen) atoms. The SMILES string of the molecule is CCCCCc1cc2c(c(O)c1[C@@H]1OC(CO)[C@@H](O)C(O)C1O)-c1cc(C)ccc1C(C)(C)O2. The van der Waals surface area contributed by atoms with Gasteiger partial charge in [-0.3, -0.25) is 0 Å². The van der Waals surface area contributed by atoms with Crippen molar-refractivity contribution in [1.29, 1.82) is 0 Å². The lowest BCUT2D eigenvalue weighted by Gasteiger charge is -2.42. The number of hydrogen-bond donors (Lipinski definition) is 5. The van der Waals surface area contributed by atoms with E-state index in [2.05, 4.69) is 6.92 Å². The average Bonchev–Trinajstić information content (AvgIpc) is 2.78. The van der Waals surface area contributed by atoms with Gasteiger partial charge in [-0.1, -0.05) is 43.5 Å². The first-order valence-corrected chi connectivity index (χ1v) is 12.1. The second kappa shape index (κ2) is 9.47. The van der Waals surface area contributed by atoms with Crippen LogP contribution in [0.2, 0.25) is 0 Å². The van der Waals surface area contributed by atoms with Crippen LogP contribution in [-0.4, -0.2) is 56.6 Å². The number of phenolic OH excluding ortho intramolecular Hbond substituents is 1. The van der Waals surface area contributed by atoms with Gasteiger partial charge in [0.2, 0.25) is 0 Å². The molecular formula is C27H36O7. The molecule has 2 aromatic carbocycles. The number of benzene rings is 2. The Balaban J connectivity index is 1.92. The Morgan fingerprint density at radius 3 is 2.41 bits per heavy atom. The fourth-order valence-corrected chi connectivity index (χ4v) is 5.20. The van der Waals surface area contributed by atoms with Crippen molar-refractivity contribution in [3.8, 4) is 22.6 Å². The molecule has 0 saturated carbocycles. The van der Waals surface area contributed by atoms with Crippen LogP contribution < -0.4 is 4.74 Å². The maximum atomic E-state index is 11.7. The number of aliphatic hydroxyl groups is 4. The number of phenols is 1. The minimum Gasteiger partial charge on any atom is -0.507 e. The van der Waals surface area contributed by atoms with E-state index in [-0.39, 0.29) is 5.75 Å². The molecule has 0 radical (unpaired) electrons. The Hall–Kier alpha value is -2.16. The number of aromatic hydroxyl groups is 1. The highest BCUT2D eigenvalue weighted by Gasteiger charge is 2.46. The maximum Gasteiger partial charge on any atom is 0.133 e. The van der Waals surface area contributed by atoms with E-state index in [1.54, 1.807) is 0 Å². The summed E-state index contributed by atoms with van der Waals surface area (Å²) in [7, 11) is 0. The van der Waals surface area contributed by atoms with Crippen molar-refractivity contribution in [1.82, 2.24) is 0 Å². The average molecular weight is 473 g/mol. The van der Waals surface area contributed by atoms with Gasteiger partial charge in [-0.2, -0.15) is 0 Å². The predicted octanol–water partition coefficient (Wildman–Crippen LogP) is 3.24. The maximum absolute atomic E-state index is 11.7. The lowest BCUT2D eigenvalue weighted by molar-refractivity contribution is -0.232. The fraction of sp³-hybridized carbons (Fsp3) is 0.556. The van der Waals surface area contributed by atoms with E-state index in [1.165, 1.54) is 0 Å². The van der Waals surface area contributed by atoms with Crippen molar-refractivity contribution in [2.24, 2.45) is 0 Å². The molecular weight excluding hydrogens is 436 g/mol. The monoisotopic (exact) mass is 472 g/mol. The van der Waals surface area contributed by atoms with Crippen molar-refractivity contribution in [3.05, 3.63) is 46.5 Å². The first-order valence-electron chi connectivity index (χ1n) is 12.1. The largest absolute Gasteiger partial charge is 0.507 e. The van der Waals surface area contributed by atoms with Gasteiger partial charge in [-0.15, -0.1) is 0 Å². The molecule has 5 atom stereocenters.